The Morgan fingerprint density at radius 3 is 2.57 bits per heavy atom. The molecular formula is C12H19NO. The minimum absolute atomic E-state index is 0.424. The zero-order chi connectivity index (χ0) is 10.6. The van der Waals surface area contributed by atoms with E-state index in [1.807, 2.05) is 25.1 Å². The number of rotatable bonds is 4. The van der Waals surface area contributed by atoms with E-state index in [2.05, 4.69) is 6.92 Å². The molecule has 0 fully saturated rings. The van der Waals surface area contributed by atoms with Gasteiger partial charge in [-0.1, -0.05) is 32.0 Å². The molecule has 2 heteroatoms. The maximum absolute atomic E-state index is 9.89. The molecule has 0 saturated heterocycles. The predicted octanol–water partition coefficient (Wildman–Crippen LogP) is 2.09. The van der Waals surface area contributed by atoms with Crippen molar-refractivity contribution in [2.24, 2.45) is 11.7 Å². The Morgan fingerprint density at radius 1 is 1.36 bits per heavy atom. The second-order valence-electron chi connectivity index (χ2n) is 3.82. The molecule has 0 saturated carbocycles. The number of phenolic OH excluding ortho intramolecular Hbond substituents is 1. The van der Waals surface area contributed by atoms with Gasteiger partial charge in [0.05, 0.1) is 0 Å². The van der Waals surface area contributed by atoms with Crippen LogP contribution in [0.4, 0.5) is 0 Å². The number of phenols is 1. The topological polar surface area (TPSA) is 46.2 Å². The van der Waals surface area contributed by atoms with E-state index in [4.69, 9.17) is 5.73 Å². The Morgan fingerprint density at radius 2 is 2.00 bits per heavy atom. The molecule has 0 heterocycles. The molecule has 2 nitrogen and oxygen atoms in total. The smallest absolute Gasteiger partial charge is 0.121 e. The SMILES string of the molecule is CCc1cccc(CC(C)CN)c1O. The van der Waals surface area contributed by atoms with E-state index in [1.165, 1.54) is 0 Å². The fourth-order valence-corrected chi connectivity index (χ4v) is 1.55. The minimum atomic E-state index is 0.424. The highest BCUT2D eigenvalue weighted by Gasteiger charge is 2.08. The van der Waals surface area contributed by atoms with Crippen LogP contribution in [0.25, 0.3) is 0 Å². The van der Waals surface area contributed by atoms with Gasteiger partial charge in [-0.15, -0.1) is 0 Å². The highest BCUT2D eigenvalue weighted by molar-refractivity contribution is 5.40. The Bertz CT molecular complexity index is 296. The second kappa shape index (κ2) is 5.01. The molecule has 0 radical (unpaired) electrons. The predicted molar refractivity (Wildman–Crippen MR) is 59.4 cm³/mol. The van der Waals surface area contributed by atoms with E-state index in [0.29, 0.717) is 18.2 Å². The third-order valence-corrected chi connectivity index (χ3v) is 2.55. The summed E-state index contributed by atoms with van der Waals surface area (Å²) in [7, 11) is 0. The van der Waals surface area contributed by atoms with Crippen molar-refractivity contribution in [3.63, 3.8) is 0 Å². The zero-order valence-corrected chi connectivity index (χ0v) is 8.96. The first-order valence-electron chi connectivity index (χ1n) is 5.18. The van der Waals surface area contributed by atoms with Crippen LogP contribution in [0.15, 0.2) is 18.2 Å². The first-order valence-corrected chi connectivity index (χ1v) is 5.18. The lowest BCUT2D eigenvalue weighted by atomic mass is 9.98. The van der Waals surface area contributed by atoms with Gasteiger partial charge in [-0.2, -0.15) is 0 Å². The molecule has 1 aromatic rings. The molecule has 0 aliphatic rings. The van der Waals surface area contributed by atoms with Crippen LogP contribution < -0.4 is 5.73 Å². The van der Waals surface area contributed by atoms with E-state index in [9.17, 15) is 5.11 Å². The first kappa shape index (κ1) is 11.1. The van der Waals surface area contributed by atoms with Crippen molar-refractivity contribution >= 4 is 0 Å². The van der Waals surface area contributed by atoms with Crippen molar-refractivity contribution in [2.45, 2.75) is 26.7 Å². The minimum Gasteiger partial charge on any atom is -0.507 e. The summed E-state index contributed by atoms with van der Waals surface area (Å²) in [5.41, 5.74) is 7.60. The van der Waals surface area contributed by atoms with Crippen LogP contribution in [0.1, 0.15) is 25.0 Å². The molecule has 0 amide bonds. The van der Waals surface area contributed by atoms with Crippen LogP contribution in [0.3, 0.4) is 0 Å². The molecule has 1 aromatic carbocycles. The third-order valence-electron chi connectivity index (χ3n) is 2.55. The van der Waals surface area contributed by atoms with Crippen molar-refractivity contribution in [1.82, 2.24) is 0 Å². The summed E-state index contributed by atoms with van der Waals surface area (Å²) in [6.45, 7) is 4.80. The largest absolute Gasteiger partial charge is 0.507 e. The maximum Gasteiger partial charge on any atom is 0.121 e. The fourth-order valence-electron chi connectivity index (χ4n) is 1.55. The van der Waals surface area contributed by atoms with Crippen molar-refractivity contribution in [3.05, 3.63) is 29.3 Å². The van der Waals surface area contributed by atoms with Crippen LogP contribution in [-0.2, 0) is 12.8 Å². The van der Waals surface area contributed by atoms with E-state index >= 15 is 0 Å². The lowest BCUT2D eigenvalue weighted by molar-refractivity contribution is 0.454. The van der Waals surface area contributed by atoms with Crippen molar-refractivity contribution in [1.29, 1.82) is 0 Å². The maximum atomic E-state index is 9.89. The van der Waals surface area contributed by atoms with Gasteiger partial charge in [0.2, 0.25) is 0 Å². The third kappa shape index (κ3) is 2.48. The molecule has 1 atom stereocenters. The van der Waals surface area contributed by atoms with Gasteiger partial charge in [0.15, 0.2) is 0 Å². The van der Waals surface area contributed by atoms with Gasteiger partial charge in [0.25, 0.3) is 0 Å². The van der Waals surface area contributed by atoms with Gasteiger partial charge in [-0.3, -0.25) is 0 Å². The molecule has 0 spiro atoms. The molecule has 0 aliphatic carbocycles. The Balaban J connectivity index is 2.86. The summed E-state index contributed by atoms with van der Waals surface area (Å²) in [4.78, 5) is 0. The highest BCUT2D eigenvalue weighted by Crippen LogP contribution is 2.24. The number of hydrogen-bond acceptors (Lipinski definition) is 2. The molecule has 0 aliphatic heterocycles. The van der Waals surface area contributed by atoms with Crippen LogP contribution >= 0.6 is 0 Å². The quantitative estimate of drug-likeness (QED) is 0.769. The number of para-hydroxylation sites is 1. The van der Waals surface area contributed by atoms with Crippen molar-refractivity contribution in [2.75, 3.05) is 6.54 Å². The number of benzene rings is 1. The van der Waals surface area contributed by atoms with E-state index < -0.39 is 0 Å². The van der Waals surface area contributed by atoms with Gasteiger partial charge in [-0.05, 0) is 36.4 Å². The summed E-state index contributed by atoms with van der Waals surface area (Å²) in [5.74, 6) is 0.878. The van der Waals surface area contributed by atoms with Gasteiger partial charge in [-0.25, -0.2) is 0 Å². The van der Waals surface area contributed by atoms with Crippen LogP contribution in [0.2, 0.25) is 0 Å². The lowest BCUT2D eigenvalue weighted by Gasteiger charge is -2.12. The monoisotopic (exact) mass is 193 g/mol. The standard InChI is InChI=1S/C12H19NO/c1-3-10-5-4-6-11(12(10)14)7-9(2)8-13/h4-6,9,14H,3,7-8,13H2,1-2H3. The molecule has 1 rings (SSSR count). The van der Waals surface area contributed by atoms with Crippen LogP contribution in [0, 0.1) is 5.92 Å². The van der Waals surface area contributed by atoms with E-state index in [1.54, 1.807) is 0 Å². The van der Waals surface area contributed by atoms with Gasteiger partial charge in [0, 0.05) is 0 Å². The molecule has 1 unspecified atom stereocenters. The number of aryl methyl sites for hydroxylation is 1. The van der Waals surface area contributed by atoms with E-state index in [-0.39, 0.29) is 0 Å². The fraction of sp³-hybridized carbons (Fsp3) is 0.500. The molecular weight excluding hydrogens is 174 g/mol. The molecule has 0 bridgehead atoms. The highest BCUT2D eigenvalue weighted by atomic mass is 16.3. The molecule has 78 valence electrons. The Hall–Kier alpha value is -1.02. The lowest BCUT2D eigenvalue weighted by Crippen LogP contribution is -2.13. The second-order valence-corrected chi connectivity index (χ2v) is 3.82. The summed E-state index contributed by atoms with van der Waals surface area (Å²) in [5, 5.41) is 9.89. The average Bonchev–Trinajstić information content (AvgIpc) is 2.21. The molecule has 3 N–H and O–H groups in total. The summed E-state index contributed by atoms with van der Waals surface area (Å²) < 4.78 is 0. The number of aromatic hydroxyl groups is 1. The van der Waals surface area contributed by atoms with Crippen LogP contribution in [0.5, 0.6) is 5.75 Å². The van der Waals surface area contributed by atoms with Gasteiger partial charge < -0.3 is 10.8 Å². The molecule has 0 aromatic heterocycles. The summed E-state index contributed by atoms with van der Waals surface area (Å²) >= 11 is 0. The molecule has 14 heavy (non-hydrogen) atoms. The zero-order valence-electron chi connectivity index (χ0n) is 8.96. The Labute approximate surface area is 85.8 Å². The normalized spacial score (nSPS) is 12.8. The number of nitrogens with two attached hydrogens (primary N) is 1. The van der Waals surface area contributed by atoms with Crippen molar-refractivity contribution in [3.8, 4) is 5.75 Å². The first-order chi connectivity index (χ1) is 6.69. The average molecular weight is 193 g/mol. The van der Waals surface area contributed by atoms with E-state index in [0.717, 1.165) is 24.0 Å². The van der Waals surface area contributed by atoms with Crippen LogP contribution in [-0.4, -0.2) is 11.7 Å². The summed E-state index contributed by atoms with van der Waals surface area (Å²) in [6, 6.07) is 5.93. The van der Waals surface area contributed by atoms with Crippen molar-refractivity contribution < 1.29 is 5.11 Å². The number of hydrogen-bond donors (Lipinski definition) is 2. The van der Waals surface area contributed by atoms with Gasteiger partial charge in [0.1, 0.15) is 5.75 Å². The summed E-state index contributed by atoms with van der Waals surface area (Å²) in [6.07, 6.45) is 1.73. The Kier molecular flexibility index (Phi) is 3.96. The van der Waals surface area contributed by atoms with Gasteiger partial charge >= 0.3 is 0 Å².